The third-order valence-electron chi connectivity index (χ3n) is 3.94. The second-order valence-electron chi connectivity index (χ2n) is 5.97. The fourth-order valence-electron chi connectivity index (χ4n) is 2.67. The first-order valence-electron chi connectivity index (χ1n) is 8.55. The Balaban J connectivity index is 1.73. The molecule has 2 aromatic heterocycles. The fraction of sp³-hybridized carbons (Fsp3) is 0.263. The summed E-state index contributed by atoms with van der Waals surface area (Å²) in [5.74, 6) is 1.24. The Labute approximate surface area is 156 Å². The maximum atomic E-state index is 12.2. The maximum Gasteiger partial charge on any atom is 0.342 e. The standard InChI is InChI=1S/C19H21N5O3/c1-4-13-7-5-6-8-15(13)21-19-23-16(22-18(20)24-19)10-26-17(25)14-9-11(2)27-12(14)3/h5-9H,4,10H2,1-3H3,(H3,20,21,22,23,24). The average molecular weight is 367 g/mol. The molecule has 0 saturated carbocycles. The van der Waals surface area contributed by atoms with E-state index in [4.69, 9.17) is 14.9 Å². The van der Waals surface area contributed by atoms with Crippen molar-refractivity contribution in [2.45, 2.75) is 33.8 Å². The van der Waals surface area contributed by atoms with Gasteiger partial charge in [-0.1, -0.05) is 25.1 Å². The summed E-state index contributed by atoms with van der Waals surface area (Å²) in [6, 6.07) is 9.47. The minimum absolute atomic E-state index is 0.0443. The highest BCUT2D eigenvalue weighted by molar-refractivity contribution is 5.90. The summed E-state index contributed by atoms with van der Waals surface area (Å²) in [7, 11) is 0. The Morgan fingerprint density at radius 1 is 1.22 bits per heavy atom. The van der Waals surface area contributed by atoms with Gasteiger partial charge < -0.3 is 20.2 Å². The smallest absolute Gasteiger partial charge is 0.342 e. The number of carbonyl (C=O) groups is 1. The van der Waals surface area contributed by atoms with Crippen molar-refractivity contribution in [1.29, 1.82) is 0 Å². The van der Waals surface area contributed by atoms with Crippen LogP contribution in [0.5, 0.6) is 0 Å². The second kappa shape index (κ2) is 7.86. The van der Waals surface area contributed by atoms with E-state index in [2.05, 4.69) is 27.2 Å². The zero-order valence-electron chi connectivity index (χ0n) is 15.4. The molecule has 0 saturated heterocycles. The summed E-state index contributed by atoms with van der Waals surface area (Å²) in [6.07, 6.45) is 0.859. The molecule has 0 unspecified atom stereocenters. The Morgan fingerprint density at radius 2 is 2.00 bits per heavy atom. The lowest BCUT2D eigenvalue weighted by Crippen LogP contribution is -2.11. The molecular weight excluding hydrogens is 346 g/mol. The number of para-hydroxylation sites is 1. The highest BCUT2D eigenvalue weighted by Crippen LogP contribution is 2.20. The predicted octanol–water partition coefficient (Wildman–Crippen LogP) is 3.33. The van der Waals surface area contributed by atoms with Crippen LogP contribution in [0.2, 0.25) is 0 Å². The normalized spacial score (nSPS) is 10.6. The molecule has 0 radical (unpaired) electrons. The zero-order chi connectivity index (χ0) is 19.4. The number of benzene rings is 1. The first-order chi connectivity index (χ1) is 13.0. The van der Waals surface area contributed by atoms with Gasteiger partial charge in [0.1, 0.15) is 17.1 Å². The molecule has 1 aromatic carbocycles. The molecule has 0 atom stereocenters. The van der Waals surface area contributed by atoms with Crippen LogP contribution in [0.25, 0.3) is 0 Å². The largest absolute Gasteiger partial charge is 0.466 e. The zero-order valence-corrected chi connectivity index (χ0v) is 15.4. The van der Waals surface area contributed by atoms with Crippen LogP contribution in [0.3, 0.4) is 0 Å². The highest BCUT2D eigenvalue weighted by Gasteiger charge is 2.16. The van der Waals surface area contributed by atoms with E-state index in [0.29, 0.717) is 23.0 Å². The molecule has 8 nitrogen and oxygen atoms in total. The van der Waals surface area contributed by atoms with Gasteiger partial charge in [-0.3, -0.25) is 0 Å². The summed E-state index contributed by atoms with van der Waals surface area (Å²) in [6.45, 7) is 5.41. The SMILES string of the molecule is CCc1ccccc1Nc1nc(N)nc(COC(=O)c2cc(C)oc2C)n1. The van der Waals surface area contributed by atoms with E-state index in [0.717, 1.165) is 17.7 Å². The van der Waals surface area contributed by atoms with E-state index in [1.165, 1.54) is 0 Å². The summed E-state index contributed by atoms with van der Waals surface area (Å²) in [5, 5.41) is 3.14. The van der Waals surface area contributed by atoms with E-state index < -0.39 is 5.97 Å². The molecule has 0 bridgehead atoms. The van der Waals surface area contributed by atoms with E-state index in [1.807, 2.05) is 24.3 Å². The summed E-state index contributed by atoms with van der Waals surface area (Å²) < 4.78 is 10.6. The number of nitrogens with one attached hydrogen (secondary N) is 1. The predicted molar refractivity (Wildman–Crippen MR) is 101 cm³/mol. The Hall–Kier alpha value is -3.42. The average Bonchev–Trinajstić information content (AvgIpc) is 2.98. The Bertz CT molecular complexity index is 968. The lowest BCUT2D eigenvalue weighted by Gasteiger charge is -2.10. The summed E-state index contributed by atoms with van der Waals surface area (Å²) in [5.41, 5.74) is 8.16. The van der Waals surface area contributed by atoms with Crippen molar-refractivity contribution in [1.82, 2.24) is 15.0 Å². The molecule has 2 heterocycles. The molecule has 27 heavy (non-hydrogen) atoms. The summed E-state index contributed by atoms with van der Waals surface area (Å²) in [4.78, 5) is 24.6. The van der Waals surface area contributed by atoms with Gasteiger partial charge in [0.05, 0.1) is 0 Å². The van der Waals surface area contributed by atoms with Crippen LogP contribution in [0.4, 0.5) is 17.6 Å². The number of hydrogen-bond acceptors (Lipinski definition) is 8. The number of hydrogen-bond donors (Lipinski definition) is 2. The van der Waals surface area contributed by atoms with Crippen LogP contribution in [-0.4, -0.2) is 20.9 Å². The second-order valence-corrected chi connectivity index (χ2v) is 5.97. The van der Waals surface area contributed by atoms with Gasteiger partial charge in [-0.05, 0) is 38.0 Å². The number of nitrogen functional groups attached to an aromatic ring is 1. The maximum absolute atomic E-state index is 12.2. The lowest BCUT2D eigenvalue weighted by atomic mass is 10.1. The monoisotopic (exact) mass is 367 g/mol. The first kappa shape index (κ1) is 18.4. The number of furan rings is 1. The van der Waals surface area contributed by atoms with Crippen molar-refractivity contribution in [3.63, 3.8) is 0 Å². The quantitative estimate of drug-likeness (QED) is 0.637. The molecule has 0 amide bonds. The fourth-order valence-corrected chi connectivity index (χ4v) is 2.67. The molecule has 8 heteroatoms. The van der Waals surface area contributed by atoms with Crippen molar-refractivity contribution in [3.8, 4) is 0 Å². The molecule has 3 N–H and O–H groups in total. The van der Waals surface area contributed by atoms with Crippen molar-refractivity contribution < 1.29 is 13.9 Å². The number of esters is 1. The van der Waals surface area contributed by atoms with Crippen LogP contribution in [-0.2, 0) is 17.8 Å². The number of carbonyl (C=O) groups excluding carboxylic acids is 1. The van der Waals surface area contributed by atoms with Gasteiger partial charge in [-0.2, -0.15) is 15.0 Å². The number of ether oxygens (including phenoxy) is 1. The van der Waals surface area contributed by atoms with Gasteiger partial charge in [0.2, 0.25) is 11.9 Å². The molecule has 3 rings (SSSR count). The van der Waals surface area contributed by atoms with Gasteiger partial charge in [-0.15, -0.1) is 0 Å². The number of aromatic nitrogens is 3. The Morgan fingerprint density at radius 3 is 2.70 bits per heavy atom. The van der Waals surface area contributed by atoms with E-state index in [-0.39, 0.29) is 18.4 Å². The number of nitrogens with zero attached hydrogens (tertiary/aromatic N) is 3. The van der Waals surface area contributed by atoms with Gasteiger partial charge >= 0.3 is 5.97 Å². The van der Waals surface area contributed by atoms with Crippen LogP contribution >= 0.6 is 0 Å². The highest BCUT2D eigenvalue weighted by atomic mass is 16.5. The third kappa shape index (κ3) is 4.41. The topological polar surface area (TPSA) is 116 Å². The number of anilines is 3. The van der Waals surface area contributed by atoms with Crippen LogP contribution in [0, 0.1) is 13.8 Å². The van der Waals surface area contributed by atoms with Crippen molar-refractivity contribution in [2.24, 2.45) is 0 Å². The third-order valence-corrected chi connectivity index (χ3v) is 3.94. The lowest BCUT2D eigenvalue weighted by molar-refractivity contribution is 0.0460. The van der Waals surface area contributed by atoms with Crippen molar-refractivity contribution in [2.75, 3.05) is 11.1 Å². The van der Waals surface area contributed by atoms with Crippen molar-refractivity contribution in [3.05, 3.63) is 58.8 Å². The molecule has 0 aliphatic carbocycles. The van der Waals surface area contributed by atoms with Gasteiger partial charge in [-0.25, -0.2) is 4.79 Å². The Kier molecular flexibility index (Phi) is 5.35. The molecule has 3 aromatic rings. The number of nitrogens with two attached hydrogens (primary N) is 1. The molecule has 0 aliphatic rings. The van der Waals surface area contributed by atoms with Crippen LogP contribution < -0.4 is 11.1 Å². The minimum atomic E-state index is -0.505. The summed E-state index contributed by atoms with van der Waals surface area (Å²) >= 11 is 0. The number of rotatable bonds is 6. The molecule has 0 spiro atoms. The minimum Gasteiger partial charge on any atom is -0.466 e. The van der Waals surface area contributed by atoms with Gasteiger partial charge in [0, 0.05) is 5.69 Å². The van der Waals surface area contributed by atoms with Gasteiger partial charge in [0.15, 0.2) is 12.4 Å². The molecule has 0 fully saturated rings. The van der Waals surface area contributed by atoms with E-state index in [9.17, 15) is 4.79 Å². The first-order valence-corrected chi connectivity index (χ1v) is 8.55. The van der Waals surface area contributed by atoms with E-state index in [1.54, 1.807) is 19.9 Å². The van der Waals surface area contributed by atoms with E-state index >= 15 is 0 Å². The number of aryl methyl sites for hydroxylation is 3. The van der Waals surface area contributed by atoms with Crippen LogP contribution in [0.15, 0.2) is 34.7 Å². The molecule has 0 aliphatic heterocycles. The van der Waals surface area contributed by atoms with Crippen molar-refractivity contribution >= 4 is 23.6 Å². The molecule has 140 valence electrons. The molecular formula is C19H21N5O3. The van der Waals surface area contributed by atoms with Crippen LogP contribution in [0.1, 0.15) is 40.2 Å². The van der Waals surface area contributed by atoms with Gasteiger partial charge in [0.25, 0.3) is 0 Å².